The summed E-state index contributed by atoms with van der Waals surface area (Å²) < 4.78 is 93.6. The van der Waals surface area contributed by atoms with Crippen LogP contribution in [-0.4, -0.2) is 151 Å². The first kappa shape index (κ1) is 58.7. The molecule has 0 aromatic heterocycles. The predicted molar refractivity (Wildman–Crippen MR) is 289 cm³/mol. The van der Waals surface area contributed by atoms with Crippen LogP contribution in [0.2, 0.25) is 0 Å². The smallest absolute Gasteiger partial charge is 0.251 e. The van der Waals surface area contributed by atoms with E-state index in [9.17, 15) is 44.8 Å². The van der Waals surface area contributed by atoms with Gasteiger partial charge in [-0.05, 0) is 146 Å². The van der Waals surface area contributed by atoms with Gasteiger partial charge in [-0.1, -0.05) is 50.5 Å². The molecule has 0 radical (unpaired) electrons. The van der Waals surface area contributed by atoms with E-state index in [1.165, 1.54) is 63.2 Å². The minimum Gasteiger partial charge on any atom is -0.497 e. The molecule has 77 heavy (non-hydrogen) atoms. The van der Waals surface area contributed by atoms with Crippen LogP contribution in [0.25, 0.3) is 0 Å². The number of hydrogen-bond donors (Lipinski definition) is 2. The fourth-order valence-corrected chi connectivity index (χ4v) is 12.7. The highest BCUT2D eigenvalue weighted by Gasteiger charge is 2.50. The normalized spacial score (nSPS) is 21.1. The molecular weight excluding hydrogens is 1030 g/mol. The highest BCUT2D eigenvalue weighted by atomic mass is 32.2. The molecule has 418 valence electrons. The highest BCUT2D eigenvalue weighted by molar-refractivity contribution is 7.91. The van der Waals surface area contributed by atoms with E-state index in [2.05, 4.69) is 41.8 Å². The summed E-state index contributed by atoms with van der Waals surface area (Å²) in [6.07, 6.45) is 8.96. The quantitative estimate of drug-likeness (QED) is 0.0728. The summed E-state index contributed by atoms with van der Waals surface area (Å²) in [5.74, 6) is 0.110. The number of halogens is 2. The zero-order valence-corrected chi connectivity index (χ0v) is 46.1. The number of hydrogen-bond acceptors (Lipinski definition) is 11. The zero-order valence-electron chi connectivity index (χ0n) is 44.5. The minimum absolute atomic E-state index is 0.0317. The van der Waals surface area contributed by atoms with Crippen molar-refractivity contribution in [3.05, 3.63) is 131 Å². The zero-order chi connectivity index (χ0) is 55.3. The number of unbranched alkanes of at least 4 members (excludes halogenated alkanes) is 2. The van der Waals surface area contributed by atoms with E-state index in [0.29, 0.717) is 56.9 Å². The first-order valence-electron chi connectivity index (χ1n) is 26.5. The predicted octanol–water partition coefficient (Wildman–Crippen LogP) is 6.97. The molecule has 2 N–H and O–H groups in total. The average molecular weight is 1110 g/mol. The lowest BCUT2D eigenvalue weighted by molar-refractivity contribution is -0.136. The lowest BCUT2D eigenvalue weighted by atomic mass is 9.96. The molecule has 20 heteroatoms. The van der Waals surface area contributed by atoms with Gasteiger partial charge in [0.15, 0.2) is 9.84 Å². The molecule has 2 saturated carbocycles. The molecule has 8 rings (SSSR count). The Balaban J connectivity index is 0.000000224. The molecular formula is C57H73F2N5O11S2. The number of carbonyl (C=O) groups excluding carboxylic acids is 4. The molecule has 2 unspecified atom stereocenters. The third kappa shape index (κ3) is 17.0. The van der Waals surface area contributed by atoms with Gasteiger partial charge in [0.05, 0.1) is 45.2 Å². The number of carbonyl (C=O) groups is 4. The molecule has 2 saturated heterocycles. The van der Waals surface area contributed by atoms with Crippen LogP contribution in [0.4, 0.5) is 8.78 Å². The fourth-order valence-electron chi connectivity index (χ4n) is 10.4. The third-order valence-corrected chi connectivity index (χ3v) is 18.3. The van der Waals surface area contributed by atoms with Crippen LogP contribution in [0, 0.1) is 23.0 Å². The van der Waals surface area contributed by atoms with E-state index >= 15 is 0 Å². The van der Waals surface area contributed by atoms with Crippen LogP contribution >= 0.6 is 0 Å². The third-order valence-electron chi connectivity index (χ3n) is 15.3. The van der Waals surface area contributed by atoms with Crippen LogP contribution in [0.5, 0.6) is 11.5 Å². The van der Waals surface area contributed by atoms with E-state index < -0.39 is 67.1 Å². The van der Waals surface area contributed by atoms with Gasteiger partial charge in [-0.2, -0.15) is 4.31 Å². The maximum absolute atomic E-state index is 13.4. The van der Waals surface area contributed by atoms with Crippen LogP contribution < -0.4 is 20.1 Å². The number of morpholine rings is 1. The van der Waals surface area contributed by atoms with Gasteiger partial charge >= 0.3 is 0 Å². The van der Waals surface area contributed by atoms with Crippen LogP contribution in [-0.2, 0) is 34.2 Å². The van der Waals surface area contributed by atoms with Crippen molar-refractivity contribution in [1.29, 1.82) is 0 Å². The number of amides is 4. The van der Waals surface area contributed by atoms with Gasteiger partial charge in [0, 0.05) is 50.4 Å². The summed E-state index contributed by atoms with van der Waals surface area (Å²) in [6, 6.07) is 24.4. The van der Waals surface area contributed by atoms with Crippen LogP contribution in [0.1, 0.15) is 108 Å². The summed E-state index contributed by atoms with van der Waals surface area (Å²) >= 11 is 0. The summed E-state index contributed by atoms with van der Waals surface area (Å²) in [7, 11) is -3.67. The maximum Gasteiger partial charge on any atom is 0.251 e. The van der Waals surface area contributed by atoms with Gasteiger partial charge in [-0.25, -0.2) is 25.6 Å². The van der Waals surface area contributed by atoms with E-state index in [4.69, 9.17) is 14.2 Å². The Hall–Kier alpha value is -5.96. The Morgan fingerprint density at radius 1 is 0.662 bits per heavy atom. The van der Waals surface area contributed by atoms with Gasteiger partial charge in [0.1, 0.15) is 35.2 Å². The van der Waals surface area contributed by atoms with Crippen molar-refractivity contribution in [2.75, 3.05) is 84.5 Å². The van der Waals surface area contributed by atoms with Crippen LogP contribution in [0.3, 0.4) is 0 Å². The number of benzene rings is 4. The number of sulfonamides is 1. The molecule has 16 nitrogen and oxygen atoms in total. The Morgan fingerprint density at radius 3 is 1.70 bits per heavy atom. The molecule has 2 heterocycles. The van der Waals surface area contributed by atoms with Crippen molar-refractivity contribution in [2.45, 2.75) is 88.6 Å². The van der Waals surface area contributed by atoms with E-state index in [1.807, 2.05) is 24.3 Å². The fraction of sp³-hybridized carbons (Fsp3) is 0.509. The molecule has 2 aliphatic carbocycles. The molecule has 4 amide bonds. The van der Waals surface area contributed by atoms with Gasteiger partial charge < -0.3 is 34.6 Å². The summed E-state index contributed by atoms with van der Waals surface area (Å²) in [6.45, 7) is 4.56. The van der Waals surface area contributed by atoms with Crippen molar-refractivity contribution >= 4 is 43.5 Å². The topological polar surface area (TPSA) is 198 Å². The van der Waals surface area contributed by atoms with Crippen molar-refractivity contribution in [2.24, 2.45) is 11.3 Å². The molecule has 4 aromatic rings. The van der Waals surface area contributed by atoms with E-state index in [1.54, 1.807) is 19.1 Å². The van der Waals surface area contributed by atoms with Crippen molar-refractivity contribution in [1.82, 2.24) is 24.7 Å². The molecule has 2 aliphatic heterocycles. The molecule has 4 fully saturated rings. The monoisotopic (exact) mass is 1110 g/mol. The van der Waals surface area contributed by atoms with Gasteiger partial charge in [0.25, 0.3) is 11.8 Å². The number of methoxy groups -OCH3 is 2. The van der Waals surface area contributed by atoms with Gasteiger partial charge in [0.2, 0.25) is 21.8 Å². The number of piperazine rings is 1. The van der Waals surface area contributed by atoms with Crippen LogP contribution in [0.15, 0.2) is 97.1 Å². The maximum atomic E-state index is 13.4. The summed E-state index contributed by atoms with van der Waals surface area (Å²) in [4.78, 5) is 55.3. The minimum atomic E-state index is -3.65. The second kappa shape index (κ2) is 26.6. The number of nitrogens with zero attached hydrogens (tertiary/aromatic N) is 3. The lowest BCUT2D eigenvalue weighted by Gasteiger charge is -2.35. The Bertz CT molecular complexity index is 2850. The Morgan fingerprint density at radius 2 is 1.17 bits per heavy atom. The Labute approximate surface area is 452 Å². The molecule has 0 bridgehead atoms. The molecule has 6 atom stereocenters. The Kier molecular flexibility index (Phi) is 20.3. The largest absolute Gasteiger partial charge is 0.497 e. The standard InChI is InChI=1S/C29H38FN3O5S.C28H35FN2O6S/c1-38-25-14-10-21(11-15-25)26-20-23(26)6-4-3-5-7-27(31-28(34)22-8-12-24(30)13-9-22)29(35)32-16-18-33(19-17-32)39(2,36)37;1-28(18-24(28)20-6-10-23(36-2)11-7-20)12-3-17-38(34,35)19-25(27(33)31-13-15-37-16-14-31)30-26(32)21-4-8-22(29)9-5-21/h8-15,23,26-27H,3-7,16-20H2,1-2H3,(H,31,34);4-11,24-25H,3,12-19H2,1-2H3,(H,30,32)/t23?,26-,27-;24-,25-,28?/m00/s1. The first-order valence-corrected chi connectivity index (χ1v) is 30.1. The SMILES string of the molecule is COc1ccc([C@@H]2CC2(C)CCCS(=O)(=O)C[C@H](NC(=O)c2ccc(F)cc2)C(=O)N2CCOCC2)cc1.COc1ccc([C@@H]2CC2CCCCC[C@H](NC(=O)c2ccc(F)cc2)C(=O)N2CCN(S(C)(=O)=O)CC2)cc1. The summed E-state index contributed by atoms with van der Waals surface area (Å²) in [5, 5.41) is 5.43. The van der Waals surface area contributed by atoms with Crippen molar-refractivity contribution in [3.8, 4) is 11.5 Å². The number of rotatable bonds is 23. The second-order valence-corrected chi connectivity index (χ2v) is 25.1. The van der Waals surface area contributed by atoms with E-state index in [-0.39, 0.29) is 54.4 Å². The van der Waals surface area contributed by atoms with Crippen molar-refractivity contribution in [3.63, 3.8) is 0 Å². The van der Waals surface area contributed by atoms with Crippen molar-refractivity contribution < 1.29 is 59.0 Å². The van der Waals surface area contributed by atoms with E-state index in [0.717, 1.165) is 68.4 Å². The highest BCUT2D eigenvalue weighted by Crippen LogP contribution is 2.61. The first-order chi connectivity index (χ1) is 36.8. The summed E-state index contributed by atoms with van der Waals surface area (Å²) in [5.41, 5.74) is 3.04. The van der Waals surface area contributed by atoms with Gasteiger partial charge in [-0.15, -0.1) is 0 Å². The van der Waals surface area contributed by atoms with Gasteiger partial charge in [-0.3, -0.25) is 19.2 Å². The molecule has 4 aliphatic rings. The lowest BCUT2D eigenvalue weighted by Crippen LogP contribution is -2.55. The number of nitrogens with one attached hydrogen (secondary N) is 2. The molecule has 0 spiro atoms. The molecule has 4 aromatic carbocycles. The number of ether oxygens (including phenoxy) is 3. The number of sulfone groups is 1. The second-order valence-electron chi connectivity index (χ2n) is 20.9. The average Bonchev–Trinajstić information content (AvgIpc) is 4.43.